The van der Waals surface area contributed by atoms with Gasteiger partial charge in [0.1, 0.15) is 5.78 Å². The van der Waals surface area contributed by atoms with Crippen molar-refractivity contribution in [3.05, 3.63) is 0 Å². The van der Waals surface area contributed by atoms with E-state index in [1.807, 2.05) is 0 Å². The van der Waals surface area contributed by atoms with Crippen molar-refractivity contribution in [2.45, 2.75) is 135 Å². The first kappa shape index (κ1) is 69.1. The fraction of sp³-hybridized carbons (Fsp3) is 0.898. The lowest BCUT2D eigenvalue weighted by molar-refractivity contribution is -0.137. The maximum atomic E-state index is 13.3. The summed E-state index contributed by atoms with van der Waals surface area (Å²) < 4.78 is 48.1. The van der Waals surface area contributed by atoms with Gasteiger partial charge in [-0.2, -0.15) is 0 Å². The van der Waals surface area contributed by atoms with Crippen LogP contribution in [-0.4, -0.2) is 192 Å². The molecule has 21 heteroatoms. The van der Waals surface area contributed by atoms with Crippen LogP contribution in [0.1, 0.15) is 129 Å². The highest BCUT2D eigenvalue weighted by atomic mass is 16.6. The number of hydrogen-bond donors (Lipinski definition) is 7. The Bertz CT molecular complexity index is 1160. The topological polar surface area (TPSA) is 303 Å². The summed E-state index contributed by atoms with van der Waals surface area (Å²) in [6.07, 6.45) is 11.2. The highest BCUT2D eigenvalue weighted by molar-refractivity contribution is 5.79. The van der Waals surface area contributed by atoms with Crippen molar-refractivity contribution in [1.29, 1.82) is 0 Å². The number of carbonyl (C=O) groups excluding carboxylic acids is 4. The Balaban J connectivity index is 0. The number of nitrogens with one attached hydrogen (secondary N) is 3. The average Bonchev–Trinajstić information content (AvgIpc) is 3.34. The molecule has 10 N–H and O–H groups in total. The van der Waals surface area contributed by atoms with Crippen molar-refractivity contribution in [3.63, 3.8) is 0 Å². The Labute approximate surface area is 420 Å². The van der Waals surface area contributed by atoms with Crippen LogP contribution in [0, 0.1) is 0 Å². The summed E-state index contributed by atoms with van der Waals surface area (Å²) in [7, 11) is 0. The van der Waals surface area contributed by atoms with E-state index in [4.69, 9.17) is 64.9 Å². The monoisotopic (exact) mass is 1010 g/mol. The Morgan fingerprint density at radius 1 is 0.400 bits per heavy atom. The van der Waals surface area contributed by atoms with Gasteiger partial charge in [-0.25, -0.2) is 0 Å². The number of carboxylic acids is 1. The largest absolute Gasteiger partial charge is 0.481 e. The van der Waals surface area contributed by atoms with E-state index in [9.17, 15) is 24.0 Å². The predicted octanol–water partition coefficient (Wildman–Crippen LogP) is 2.80. The van der Waals surface area contributed by atoms with Crippen molar-refractivity contribution < 1.29 is 71.7 Å². The maximum absolute atomic E-state index is 13.3. The number of ketones is 1. The smallest absolute Gasteiger partial charge is 0.303 e. The first-order valence-corrected chi connectivity index (χ1v) is 25.9. The van der Waals surface area contributed by atoms with Crippen molar-refractivity contribution in [2.24, 2.45) is 17.2 Å². The molecule has 0 atom stereocenters. The van der Waals surface area contributed by atoms with E-state index in [1.54, 1.807) is 0 Å². The minimum Gasteiger partial charge on any atom is -0.481 e. The molecule has 0 unspecified atom stereocenters. The zero-order chi connectivity index (χ0) is 51.9. The number of carboxylic acid groups (broad SMARTS) is 1. The van der Waals surface area contributed by atoms with Gasteiger partial charge in [-0.1, -0.05) is 51.9 Å². The molecular weight excluding hydrogens is 913 g/mol. The number of Topliss-reactive ketones (excluding diaryl/α,β-unsaturated/α-hetero) is 1. The summed E-state index contributed by atoms with van der Waals surface area (Å²) in [4.78, 5) is 61.9. The molecule has 0 rings (SSSR count). The zero-order valence-electron chi connectivity index (χ0n) is 43.4. The van der Waals surface area contributed by atoms with Crippen LogP contribution in [0.3, 0.4) is 0 Å². The van der Waals surface area contributed by atoms with Crippen LogP contribution in [0.5, 0.6) is 0 Å². The van der Waals surface area contributed by atoms with Crippen LogP contribution in [0.15, 0.2) is 0 Å². The van der Waals surface area contributed by atoms with Crippen LogP contribution in [0.2, 0.25) is 0 Å². The van der Waals surface area contributed by atoms with Crippen LogP contribution in [0.4, 0.5) is 0 Å². The number of rotatable bonds is 54. The summed E-state index contributed by atoms with van der Waals surface area (Å²) in [5.74, 6) is -1.43. The van der Waals surface area contributed by atoms with Crippen molar-refractivity contribution in [1.82, 2.24) is 16.0 Å². The van der Waals surface area contributed by atoms with Crippen molar-refractivity contribution >= 4 is 29.5 Å². The van der Waals surface area contributed by atoms with Gasteiger partial charge in [-0.05, 0) is 45.4 Å². The van der Waals surface area contributed by atoms with Crippen LogP contribution in [-0.2, 0) is 66.6 Å². The molecule has 0 aromatic heterocycles. The second kappa shape index (κ2) is 55.4. The minimum atomic E-state index is -0.934. The molecule has 0 saturated carbocycles. The van der Waals surface area contributed by atoms with E-state index in [0.29, 0.717) is 171 Å². The molecule has 0 aromatic carbocycles. The van der Waals surface area contributed by atoms with Gasteiger partial charge in [0, 0.05) is 77.0 Å². The highest BCUT2D eigenvalue weighted by Crippen LogP contribution is 2.27. The Morgan fingerprint density at radius 3 is 1.09 bits per heavy atom. The quantitative estimate of drug-likeness (QED) is 0.0431. The summed E-state index contributed by atoms with van der Waals surface area (Å²) in [5, 5.41) is 17.6. The second-order valence-electron chi connectivity index (χ2n) is 16.7. The lowest BCUT2D eigenvalue weighted by Crippen LogP contribution is -2.50. The standard InChI is InChI=1S/C39H75N5O12.C10H23NO3/c1-34(45)12-15-39(44-37(48)10-8-6-4-2-3-5-7-9-11-38(49)50,16-13-35(46)42-20-24-53-28-32-55-30-26-51-22-18-40)17-14-36(47)43-21-25-54-29-33-56-31-27-52-23-19-41;1-2-3-5-12-7-9-14-10-8-13-6-4-11/h2-33,40-41H2,1H3,(H,42,46)(H,43,47)(H,44,48)(H,49,50);2-11H2,1H3. The number of amides is 3. The third-order valence-corrected chi connectivity index (χ3v) is 10.4. The molecule has 21 nitrogen and oxygen atoms in total. The number of ether oxygens (including phenoxy) is 9. The van der Waals surface area contributed by atoms with Gasteiger partial charge in [0.15, 0.2) is 0 Å². The molecule has 0 saturated heterocycles. The first-order valence-electron chi connectivity index (χ1n) is 25.9. The van der Waals surface area contributed by atoms with E-state index >= 15 is 0 Å². The Kier molecular flexibility index (Phi) is 54.7. The van der Waals surface area contributed by atoms with Crippen LogP contribution < -0.4 is 33.2 Å². The van der Waals surface area contributed by atoms with Gasteiger partial charge in [0.05, 0.1) is 112 Å². The highest BCUT2D eigenvalue weighted by Gasteiger charge is 2.33. The van der Waals surface area contributed by atoms with E-state index < -0.39 is 11.5 Å². The van der Waals surface area contributed by atoms with E-state index in [0.717, 1.165) is 51.6 Å². The number of unbranched alkanes of at least 4 members (excludes halogenated alkanes) is 8. The Morgan fingerprint density at radius 2 is 0.729 bits per heavy atom. The summed E-state index contributed by atoms with van der Waals surface area (Å²) in [5.41, 5.74) is 15.1. The molecule has 0 radical (unpaired) electrons. The van der Waals surface area contributed by atoms with E-state index in [-0.39, 0.29) is 62.0 Å². The zero-order valence-corrected chi connectivity index (χ0v) is 43.4. The second-order valence-corrected chi connectivity index (χ2v) is 16.7. The molecule has 0 aromatic rings. The number of hydrogen-bond acceptors (Lipinski definition) is 17. The van der Waals surface area contributed by atoms with Crippen LogP contribution in [0.25, 0.3) is 0 Å². The molecule has 0 heterocycles. The molecule has 414 valence electrons. The lowest BCUT2D eigenvalue weighted by Gasteiger charge is -2.35. The normalized spacial score (nSPS) is 11.3. The van der Waals surface area contributed by atoms with Gasteiger partial charge in [-0.15, -0.1) is 0 Å². The average molecular weight is 1010 g/mol. The van der Waals surface area contributed by atoms with Gasteiger partial charge < -0.3 is 85.7 Å². The molecule has 0 bridgehead atoms. The van der Waals surface area contributed by atoms with Gasteiger partial charge in [0.25, 0.3) is 0 Å². The number of nitrogens with two attached hydrogens (primary N) is 3. The molecule has 0 aliphatic carbocycles. The third-order valence-electron chi connectivity index (χ3n) is 10.4. The van der Waals surface area contributed by atoms with E-state index in [2.05, 4.69) is 22.9 Å². The molecule has 0 aliphatic heterocycles. The van der Waals surface area contributed by atoms with Crippen LogP contribution >= 0.6 is 0 Å². The maximum Gasteiger partial charge on any atom is 0.303 e. The van der Waals surface area contributed by atoms with Crippen molar-refractivity contribution in [2.75, 3.05) is 152 Å². The molecule has 0 aliphatic rings. The fourth-order valence-electron chi connectivity index (χ4n) is 6.49. The van der Waals surface area contributed by atoms with Gasteiger partial charge in [-0.3, -0.25) is 19.2 Å². The summed E-state index contributed by atoms with van der Waals surface area (Å²) in [6, 6.07) is 0. The first-order chi connectivity index (χ1) is 34.1. The number of carbonyl (C=O) groups is 5. The summed E-state index contributed by atoms with van der Waals surface area (Å²) in [6.45, 7) is 14.7. The Hall–Kier alpha value is -2.93. The summed E-state index contributed by atoms with van der Waals surface area (Å²) >= 11 is 0. The van der Waals surface area contributed by atoms with Gasteiger partial charge in [0.2, 0.25) is 17.7 Å². The fourth-order valence-corrected chi connectivity index (χ4v) is 6.49. The van der Waals surface area contributed by atoms with Gasteiger partial charge >= 0.3 is 5.97 Å². The lowest BCUT2D eigenvalue weighted by atomic mass is 9.82. The number of aliphatic carboxylic acids is 1. The minimum absolute atomic E-state index is 0.0473. The molecule has 70 heavy (non-hydrogen) atoms. The molecule has 3 amide bonds. The SMILES string of the molecule is CC(=O)CCC(CCC(=O)NCCOCCOCCOCCN)(CCC(=O)NCCOCCOCCOCCN)NC(=O)CCCCCCCCCCC(=O)O.CCCCOCCOCCOCCN. The van der Waals surface area contributed by atoms with Crippen molar-refractivity contribution in [3.8, 4) is 0 Å². The third kappa shape index (κ3) is 54.4. The molecule has 0 fully saturated rings. The molecule has 0 spiro atoms. The predicted molar refractivity (Wildman–Crippen MR) is 269 cm³/mol. The molecular formula is C49H98N6O15. The van der Waals surface area contributed by atoms with E-state index in [1.165, 1.54) is 13.3 Å².